The molecule has 1 N–H and O–H groups in total. The van der Waals surface area contributed by atoms with Gasteiger partial charge in [-0.2, -0.15) is 0 Å². The number of nitrogens with one attached hydrogen (secondary N) is 1. The molecule has 2 heterocycles. The van der Waals surface area contributed by atoms with E-state index < -0.39 is 5.92 Å². The van der Waals surface area contributed by atoms with Crippen LogP contribution < -0.4 is 10.2 Å². The van der Waals surface area contributed by atoms with Gasteiger partial charge in [0.1, 0.15) is 0 Å². The van der Waals surface area contributed by atoms with Crippen molar-refractivity contribution in [3.05, 3.63) is 29.3 Å². The summed E-state index contributed by atoms with van der Waals surface area (Å²) in [6.45, 7) is 1.84. The van der Waals surface area contributed by atoms with Gasteiger partial charge in [0, 0.05) is 36.8 Å². The van der Waals surface area contributed by atoms with Gasteiger partial charge in [-0.3, -0.25) is 14.4 Å². The first-order valence-corrected chi connectivity index (χ1v) is 8.54. The zero-order valence-electron chi connectivity index (χ0n) is 13.3. The highest BCUT2D eigenvalue weighted by Gasteiger charge is 2.35. The molecule has 6 nitrogen and oxygen atoms in total. The number of rotatable bonds is 4. The Kier molecular flexibility index (Phi) is 5.04. The summed E-state index contributed by atoms with van der Waals surface area (Å²) in [6.07, 6.45) is 2.19. The van der Waals surface area contributed by atoms with Crippen molar-refractivity contribution in [2.24, 2.45) is 5.92 Å². The molecule has 0 aliphatic carbocycles. The van der Waals surface area contributed by atoms with Gasteiger partial charge >= 0.3 is 0 Å². The number of carbonyl (C=O) groups excluding carboxylic acids is 3. The number of halogens is 1. The van der Waals surface area contributed by atoms with Crippen LogP contribution in [0.25, 0.3) is 0 Å². The molecule has 128 valence electrons. The molecule has 1 aromatic carbocycles. The zero-order chi connectivity index (χ0) is 17.1. The number of carbonyl (C=O) groups is 3. The minimum Gasteiger partial charge on any atom is -0.347 e. The second-order valence-corrected chi connectivity index (χ2v) is 6.63. The van der Waals surface area contributed by atoms with Gasteiger partial charge in [-0.05, 0) is 31.0 Å². The molecular formula is C17H20ClN3O3. The van der Waals surface area contributed by atoms with Crippen LogP contribution in [0, 0.1) is 5.92 Å². The maximum atomic E-state index is 12.3. The Balaban J connectivity index is 1.55. The zero-order valence-corrected chi connectivity index (χ0v) is 14.1. The average molecular weight is 350 g/mol. The van der Waals surface area contributed by atoms with E-state index in [0.717, 1.165) is 25.9 Å². The Morgan fingerprint density at radius 1 is 1.25 bits per heavy atom. The van der Waals surface area contributed by atoms with Crippen LogP contribution in [0.1, 0.15) is 19.3 Å². The summed E-state index contributed by atoms with van der Waals surface area (Å²) in [7, 11) is 0. The van der Waals surface area contributed by atoms with E-state index in [4.69, 9.17) is 11.6 Å². The maximum absolute atomic E-state index is 12.3. The van der Waals surface area contributed by atoms with Crippen molar-refractivity contribution in [3.8, 4) is 0 Å². The van der Waals surface area contributed by atoms with E-state index in [1.54, 1.807) is 34.1 Å². The number of anilines is 1. The van der Waals surface area contributed by atoms with Crippen molar-refractivity contribution in [2.75, 3.05) is 31.1 Å². The molecular weight excluding hydrogens is 330 g/mol. The maximum Gasteiger partial charge on any atom is 0.241 e. The van der Waals surface area contributed by atoms with Gasteiger partial charge in [0.2, 0.25) is 17.7 Å². The van der Waals surface area contributed by atoms with E-state index >= 15 is 0 Å². The Morgan fingerprint density at radius 3 is 2.71 bits per heavy atom. The van der Waals surface area contributed by atoms with E-state index in [2.05, 4.69) is 5.32 Å². The number of amides is 3. The normalized spacial score (nSPS) is 20.5. The molecule has 3 amide bonds. The summed E-state index contributed by atoms with van der Waals surface area (Å²) in [6, 6.07) is 7.00. The highest BCUT2D eigenvalue weighted by molar-refractivity contribution is 6.31. The number of hydrogen-bond donors (Lipinski definition) is 1. The smallest absolute Gasteiger partial charge is 0.241 e. The van der Waals surface area contributed by atoms with Crippen LogP contribution in [-0.4, -0.2) is 48.8 Å². The average Bonchev–Trinajstić information content (AvgIpc) is 3.22. The first-order valence-electron chi connectivity index (χ1n) is 8.16. The predicted octanol–water partition coefficient (Wildman–Crippen LogP) is 1.43. The Bertz CT molecular complexity index is 658. The molecule has 2 fully saturated rings. The van der Waals surface area contributed by atoms with Crippen LogP contribution in [0.5, 0.6) is 0 Å². The van der Waals surface area contributed by atoms with Crippen molar-refractivity contribution in [3.63, 3.8) is 0 Å². The molecule has 3 rings (SSSR count). The van der Waals surface area contributed by atoms with E-state index in [0.29, 0.717) is 17.3 Å². The van der Waals surface area contributed by atoms with E-state index in [-0.39, 0.29) is 30.7 Å². The SMILES string of the molecule is O=C(NCC(=O)N1CCCC1)C1CC(=O)N(c2cccc(Cl)c2)C1. The van der Waals surface area contributed by atoms with Gasteiger partial charge < -0.3 is 15.1 Å². The molecule has 0 radical (unpaired) electrons. The van der Waals surface area contributed by atoms with Crippen molar-refractivity contribution in [2.45, 2.75) is 19.3 Å². The van der Waals surface area contributed by atoms with Crippen molar-refractivity contribution < 1.29 is 14.4 Å². The second kappa shape index (κ2) is 7.21. The monoisotopic (exact) mass is 349 g/mol. The lowest BCUT2D eigenvalue weighted by atomic mass is 10.1. The number of benzene rings is 1. The third-order valence-corrected chi connectivity index (χ3v) is 4.72. The minimum atomic E-state index is -0.442. The molecule has 0 bridgehead atoms. The Labute approximate surface area is 145 Å². The van der Waals surface area contributed by atoms with Crippen LogP contribution >= 0.6 is 11.6 Å². The van der Waals surface area contributed by atoms with Crippen LogP contribution in [0.15, 0.2) is 24.3 Å². The fourth-order valence-electron chi connectivity index (χ4n) is 3.16. The topological polar surface area (TPSA) is 69.7 Å². The summed E-state index contributed by atoms with van der Waals surface area (Å²) in [5.41, 5.74) is 0.691. The highest BCUT2D eigenvalue weighted by atomic mass is 35.5. The third-order valence-electron chi connectivity index (χ3n) is 4.49. The van der Waals surface area contributed by atoms with Crippen molar-refractivity contribution >= 4 is 35.0 Å². The summed E-state index contributed by atoms with van der Waals surface area (Å²) < 4.78 is 0. The Hall–Kier alpha value is -2.08. The van der Waals surface area contributed by atoms with Crippen molar-refractivity contribution in [1.82, 2.24) is 10.2 Å². The third kappa shape index (κ3) is 3.70. The predicted molar refractivity (Wildman–Crippen MR) is 90.7 cm³/mol. The second-order valence-electron chi connectivity index (χ2n) is 6.19. The minimum absolute atomic E-state index is 0.000683. The standard InChI is InChI=1S/C17H20ClN3O3/c18-13-4-3-5-14(9-13)21-11-12(8-15(21)22)17(24)19-10-16(23)20-6-1-2-7-20/h3-5,9,12H,1-2,6-8,10-11H2,(H,19,24). The molecule has 2 aliphatic heterocycles. The van der Waals surface area contributed by atoms with Gasteiger partial charge in [-0.25, -0.2) is 0 Å². The van der Waals surface area contributed by atoms with Gasteiger partial charge in [0.25, 0.3) is 0 Å². The first kappa shape index (κ1) is 16.8. The summed E-state index contributed by atoms with van der Waals surface area (Å²) >= 11 is 5.96. The van der Waals surface area contributed by atoms with E-state index in [1.807, 2.05) is 0 Å². The lowest BCUT2D eigenvalue weighted by Gasteiger charge is -2.18. The molecule has 7 heteroatoms. The Morgan fingerprint density at radius 2 is 2.00 bits per heavy atom. The first-order chi connectivity index (χ1) is 11.5. The van der Waals surface area contributed by atoms with Crippen LogP contribution in [-0.2, 0) is 14.4 Å². The lowest BCUT2D eigenvalue weighted by Crippen LogP contribution is -2.41. The van der Waals surface area contributed by atoms with E-state index in [1.165, 1.54) is 0 Å². The van der Waals surface area contributed by atoms with Crippen molar-refractivity contribution in [1.29, 1.82) is 0 Å². The lowest BCUT2D eigenvalue weighted by molar-refractivity contribution is -0.133. The van der Waals surface area contributed by atoms with Gasteiger partial charge in [0.05, 0.1) is 12.5 Å². The summed E-state index contributed by atoms with van der Waals surface area (Å²) in [5.74, 6) is -0.858. The van der Waals surface area contributed by atoms with Gasteiger partial charge in [0.15, 0.2) is 0 Å². The van der Waals surface area contributed by atoms with E-state index in [9.17, 15) is 14.4 Å². The highest BCUT2D eigenvalue weighted by Crippen LogP contribution is 2.27. The molecule has 2 aliphatic rings. The molecule has 1 unspecified atom stereocenters. The van der Waals surface area contributed by atoms with Gasteiger partial charge in [-0.1, -0.05) is 17.7 Å². The molecule has 2 saturated heterocycles. The van der Waals surface area contributed by atoms with Crippen LogP contribution in [0.4, 0.5) is 5.69 Å². The molecule has 0 aromatic heterocycles. The molecule has 24 heavy (non-hydrogen) atoms. The van der Waals surface area contributed by atoms with Crippen LogP contribution in [0.3, 0.4) is 0 Å². The fraction of sp³-hybridized carbons (Fsp3) is 0.471. The number of nitrogens with zero attached hydrogens (tertiary/aromatic N) is 2. The number of likely N-dealkylation sites (tertiary alicyclic amines) is 1. The van der Waals surface area contributed by atoms with Gasteiger partial charge in [-0.15, -0.1) is 0 Å². The van der Waals surface area contributed by atoms with Crippen LogP contribution in [0.2, 0.25) is 5.02 Å². The molecule has 1 aromatic rings. The number of hydrogen-bond acceptors (Lipinski definition) is 3. The molecule has 0 spiro atoms. The summed E-state index contributed by atoms with van der Waals surface area (Å²) in [5, 5.41) is 3.22. The summed E-state index contributed by atoms with van der Waals surface area (Å²) in [4.78, 5) is 39.7. The largest absolute Gasteiger partial charge is 0.347 e. The quantitative estimate of drug-likeness (QED) is 0.894. The fourth-order valence-corrected chi connectivity index (χ4v) is 3.35. The molecule has 0 saturated carbocycles. The molecule has 1 atom stereocenters.